The van der Waals surface area contributed by atoms with Crippen molar-refractivity contribution in [1.82, 2.24) is 0 Å². The summed E-state index contributed by atoms with van der Waals surface area (Å²) in [6, 6.07) is 13.4. The lowest BCUT2D eigenvalue weighted by Gasteiger charge is -2.32. The maximum absolute atomic E-state index is 6.97. The van der Waals surface area contributed by atoms with Crippen LogP contribution in [0.5, 0.6) is 11.5 Å². The first-order valence-corrected chi connectivity index (χ1v) is 18.1. The molecule has 0 fully saturated rings. The van der Waals surface area contributed by atoms with Crippen molar-refractivity contribution < 1.29 is 7.58 Å². The van der Waals surface area contributed by atoms with Gasteiger partial charge in [-0.3, -0.25) is 9.98 Å². The van der Waals surface area contributed by atoms with Gasteiger partial charge in [-0.2, -0.15) is 0 Å². The molecule has 234 valence electrons. The van der Waals surface area contributed by atoms with Gasteiger partial charge in [-0.15, -0.1) is 0 Å². The molecule has 4 rings (SSSR count). The van der Waals surface area contributed by atoms with Crippen molar-refractivity contribution in [2.75, 3.05) is 0 Å². The van der Waals surface area contributed by atoms with Crippen LogP contribution in [0.1, 0.15) is 128 Å². The molecule has 44 heavy (non-hydrogen) atoms. The minimum Gasteiger partial charge on any atom is -0.611 e. The lowest BCUT2D eigenvalue weighted by molar-refractivity contribution is 0.409. The smallest absolute Gasteiger partial charge is 0.611 e. The zero-order valence-electron chi connectivity index (χ0n) is 29.9. The van der Waals surface area contributed by atoms with Crippen molar-refractivity contribution in [2.45, 2.75) is 124 Å². The molecule has 0 aromatic heterocycles. The molecular formula is C39H53AlN2O2. The lowest BCUT2D eigenvalue weighted by atomic mass is 9.79. The van der Waals surface area contributed by atoms with E-state index in [0.29, 0.717) is 0 Å². The van der Waals surface area contributed by atoms with E-state index < -0.39 is 14.8 Å². The Morgan fingerprint density at radius 2 is 0.841 bits per heavy atom. The van der Waals surface area contributed by atoms with E-state index in [4.69, 9.17) is 17.6 Å². The van der Waals surface area contributed by atoms with Gasteiger partial charge in [0.15, 0.2) is 0 Å². The first-order valence-electron chi connectivity index (χ1n) is 16.0. The van der Waals surface area contributed by atoms with Crippen LogP contribution in [-0.2, 0) is 21.7 Å². The van der Waals surface area contributed by atoms with E-state index in [0.717, 1.165) is 34.0 Å². The molecule has 0 saturated heterocycles. The normalized spacial score (nSPS) is 14.4. The Hall–Kier alpha value is -2.87. The number of hydrogen-bond donors (Lipinski definition) is 0. The van der Waals surface area contributed by atoms with Crippen LogP contribution in [0.2, 0.25) is 5.79 Å². The lowest BCUT2D eigenvalue weighted by Crippen LogP contribution is -2.31. The quantitative estimate of drug-likeness (QED) is 0.238. The summed E-state index contributed by atoms with van der Waals surface area (Å²) < 4.78 is 13.9. The SMILES string of the molecule is Cc1cc2c(cc1C)N=Cc1cc(C(C)(C)C)cc(C(C)(C)C)c1[O][Al]([CH3])[O]c1c(cc(C(C)(C)C)cc1C(C)(C)C)C=N2. The van der Waals surface area contributed by atoms with E-state index in [1.807, 2.05) is 12.4 Å². The molecule has 3 aromatic rings. The van der Waals surface area contributed by atoms with Crippen molar-refractivity contribution in [3.05, 3.63) is 80.9 Å². The third-order valence-corrected chi connectivity index (χ3v) is 9.56. The van der Waals surface area contributed by atoms with E-state index in [9.17, 15) is 0 Å². The van der Waals surface area contributed by atoms with Crippen LogP contribution in [0.15, 0.2) is 46.4 Å². The van der Waals surface area contributed by atoms with E-state index in [-0.39, 0.29) is 21.7 Å². The predicted octanol–water partition coefficient (Wildman–Crippen LogP) is 10.9. The van der Waals surface area contributed by atoms with Gasteiger partial charge in [0.25, 0.3) is 0 Å². The van der Waals surface area contributed by atoms with Crippen molar-refractivity contribution in [2.24, 2.45) is 9.98 Å². The summed E-state index contributed by atoms with van der Waals surface area (Å²) in [6.07, 6.45) is 3.93. The molecule has 0 bridgehead atoms. The number of aliphatic imine (C=N–C) groups is 2. The Morgan fingerprint density at radius 1 is 0.500 bits per heavy atom. The molecular weight excluding hydrogens is 555 g/mol. The van der Waals surface area contributed by atoms with Crippen molar-refractivity contribution in [1.29, 1.82) is 0 Å². The van der Waals surface area contributed by atoms with Crippen LogP contribution in [0.3, 0.4) is 0 Å². The highest BCUT2D eigenvalue weighted by molar-refractivity contribution is 6.44. The fourth-order valence-electron chi connectivity index (χ4n) is 5.36. The largest absolute Gasteiger partial charge is 0.853 e. The second-order valence-electron chi connectivity index (χ2n) is 16.6. The molecule has 1 heterocycles. The van der Waals surface area contributed by atoms with Crippen LogP contribution >= 0.6 is 0 Å². The highest BCUT2D eigenvalue weighted by Gasteiger charge is 2.34. The van der Waals surface area contributed by atoms with Gasteiger partial charge in [0, 0.05) is 23.6 Å². The summed E-state index contributed by atoms with van der Waals surface area (Å²) in [4.78, 5) is 10.2. The molecule has 0 unspecified atom stereocenters. The highest BCUT2D eigenvalue weighted by atomic mass is 27.2. The summed E-state index contributed by atoms with van der Waals surface area (Å²) in [5.41, 5.74) is 10.5. The number of benzene rings is 3. The number of aryl methyl sites for hydroxylation is 2. The van der Waals surface area contributed by atoms with Gasteiger partial charge in [-0.05, 0) is 98.9 Å². The van der Waals surface area contributed by atoms with Crippen molar-refractivity contribution >= 4 is 38.6 Å². The molecule has 0 radical (unpaired) electrons. The maximum atomic E-state index is 6.97. The standard InChI is InChI=1S/C38H52N2O2.CH3.Al/c1-23-15-31(39-21-25-17-27(35(3,4)5)19-29(33(25)41)37(9,10)11)32(16-24(23)2)40-22-26-18-28(36(6,7)8)20-30(34(26)42)38(12,13)14;;/h15-22,41-42H,1-14H3;1H3;/q;;+2/p-2. The molecule has 0 atom stereocenters. The van der Waals surface area contributed by atoms with Gasteiger partial charge in [-0.25, -0.2) is 0 Å². The number of hydrogen-bond acceptors (Lipinski definition) is 4. The van der Waals surface area contributed by atoms with E-state index in [1.165, 1.54) is 33.4 Å². The average molecular weight is 609 g/mol. The molecule has 4 nitrogen and oxygen atoms in total. The monoisotopic (exact) mass is 608 g/mol. The topological polar surface area (TPSA) is 43.2 Å². The van der Waals surface area contributed by atoms with Gasteiger partial charge < -0.3 is 7.58 Å². The molecule has 0 amide bonds. The Bertz CT molecular complexity index is 1500. The zero-order valence-corrected chi connectivity index (χ0v) is 31.1. The van der Waals surface area contributed by atoms with Crippen LogP contribution in [0, 0.1) is 13.8 Å². The summed E-state index contributed by atoms with van der Waals surface area (Å²) in [5.74, 6) is 3.85. The van der Waals surface area contributed by atoms with Gasteiger partial charge in [0.05, 0.1) is 22.9 Å². The molecule has 5 heteroatoms. The fraction of sp³-hybridized carbons (Fsp3) is 0.487. The molecule has 0 saturated carbocycles. The van der Waals surface area contributed by atoms with Gasteiger partial charge in [0.1, 0.15) is 0 Å². The molecule has 1 aliphatic heterocycles. The summed E-state index contributed by atoms with van der Waals surface area (Å²) in [7, 11) is 0. The van der Waals surface area contributed by atoms with E-state index in [2.05, 4.69) is 139 Å². The van der Waals surface area contributed by atoms with Gasteiger partial charge >= 0.3 is 14.8 Å². The second kappa shape index (κ2) is 11.8. The average Bonchev–Trinajstić information content (AvgIpc) is 2.86. The van der Waals surface area contributed by atoms with Gasteiger partial charge in [-0.1, -0.05) is 95.2 Å². The molecule has 0 spiro atoms. The third kappa shape index (κ3) is 7.49. The van der Waals surface area contributed by atoms with Crippen molar-refractivity contribution in [3.8, 4) is 11.5 Å². The third-order valence-electron chi connectivity index (χ3n) is 8.43. The summed E-state index contributed by atoms with van der Waals surface area (Å²) in [5, 5.41) is 0. The first-order chi connectivity index (χ1) is 20.1. The second-order valence-corrected chi connectivity index (χ2v) is 18.2. The van der Waals surface area contributed by atoms with Crippen molar-refractivity contribution in [3.63, 3.8) is 0 Å². The van der Waals surface area contributed by atoms with E-state index >= 15 is 0 Å². The minimum absolute atomic E-state index is 0.0369. The van der Waals surface area contributed by atoms with Gasteiger partial charge in [0.2, 0.25) is 0 Å². The molecule has 0 N–H and O–H groups in total. The van der Waals surface area contributed by atoms with Crippen LogP contribution < -0.4 is 7.58 Å². The Kier molecular flexibility index (Phi) is 9.13. The highest BCUT2D eigenvalue weighted by Crippen LogP contribution is 2.42. The van der Waals surface area contributed by atoms with Crippen LogP contribution in [0.25, 0.3) is 0 Å². The summed E-state index contributed by atoms with van der Waals surface area (Å²) >= 11 is -2.27. The summed E-state index contributed by atoms with van der Waals surface area (Å²) in [6.45, 7) is 31.3. The molecule has 3 aromatic carbocycles. The Labute approximate surface area is 272 Å². The Balaban J connectivity index is 2.10. The Morgan fingerprint density at radius 3 is 1.14 bits per heavy atom. The fourth-order valence-corrected chi connectivity index (χ4v) is 6.60. The zero-order chi connectivity index (χ0) is 33.0. The van der Waals surface area contributed by atoms with Crippen LogP contribution in [0.4, 0.5) is 11.4 Å². The predicted molar refractivity (Wildman–Crippen MR) is 191 cm³/mol. The number of fused-ring (bicyclic) bond motifs is 3. The number of rotatable bonds is 0. The minimum atomic E-state index is -2.27. The maximum Gasteiger partial charge on any atom is 0.853 e. The number of nitrogens with zero attached hydrogens (tertiary/aromatic N) is 2. The molecule has 0 aliphatic carbocycles. The molecule has 1 aliphatic rings. The van der Waals surface area contributed by atoms with Crippen LogP contribution in [-0.4, -0.2) is 27.2 Å². The first kappa shape index (κ1) is 34.0. The van der Waals surface area contributed by atoms with E-state index in [1.54, 1.807) is 0 Å².